The summed E-state index contributed by atoms with van der Waals surface area (Å²) in [5.41, 5.74) is 2.37. The van der Waals surface area contributed by atoms with Gasteiger partial charge in [0.2, 0.25) is 5.91 Å². The molecule has 1 saturated heterocycles. The molecule has 0 bridgehead atoms. The van der Waals surface area contributed by atoms with E-state index in [1.54, 1.807) is 31.4 Å². The number of nitrogens with one attached hydrogen (secondary N) is 1. The fourth-order valence-electron chi connectivity index (χ4n) is 2.94. The minimum absolute atomic E-state index is 0.248. The number of aryl methyl sites for hydroxylation is 1. The van der Waals surface area contributed by atoms with Gasteiger partial charge in [-0.1, -0.05) is 24.6 Å². The number of methoxy groups -OCH3 is 1. The fraction of sp³-hybridized carbons (Fsp3) is 0.261. The second kappa shape index (κ2) is 10.9. The molecule has 0 radical (unpaired) electrons. The number of thioether (sulfide) groups is 1. The third-order valence-corrected chi connectivity index (χ3v) is 6.22. The lowest BCUT2D eigenvalue weighted by atomic mass is 10.2. The van der Waals surface area contributed by atoms with E-state index in [4.69, 9.17) is 9.47 Å². The van der Waals surface area contributed by atoms with Crippen LogP contribution in [0, 0.1) is 10.5 Å². The molecule has 0 saturated carbocycles. The van der Waals surface area contributed by atoms with Gasteiger partial charge in [-0.25, -0.2) is 0 Å². The maximum Gasteiger partial charge on any atom is 0.294 e. The van der Waals surface area contributed by atoms with Crippen LogP contribution < -0.4 is 14.8 Å². The fourth-order valence-corrected chi connectivity index (χ4v) is 4.56. The van der Waals surface area contributed by atoms with Gasteiger partial charge in [0.15, 0.2) is 11.5 Å². The van der Waals surface area contributed by atoms with Crippen molar-refractivity contribution in [3.63, 3.8) is 0 Å². The Morgan fingerprint density at radius 1 is 1.22 bits per heavy atom. The molecule has 1 aliphatic rings. The Bertz CT molecular complexity index is 1070. The second-order valence-corrected chi connectivity index (χ2v) is 9.22. The lowest BCUT2D eigenvalue weighted by Gasteiger charge is -2.13. The first-order chi connectivity index (χ1) is 15.3. The molecule has 1 fully saturated rings. The van der Waals surface area contributed by atoms with Crippen molar-refractivity contribution >= 4 is 63.2 Å². The number of rotatable bonds is 8. The van der Waals surface area contributed by atoms with Crippen LogP contribution in [0.5, 0.6) is 11.5 Å². The monoisotopic (exact) mass is 566 g/mol. The molecule has 0 unspecified atom stereocenters. The number of ether oxygens (including phenoxy) is 2. The molecule has 1 aliphatic heterocycles. The number of benzene rings is 2. The van der Waals surface area contributed by atoms with Gasteiger partial charge in [-0.3, -0.25) is 19.3 Å². The molecule has 0 spiro atoms. The third kappa shape index (κ3) is 5.83. The number of halogens is 1. The highest BCUT2D eigenvalue weighted by atomic mass is 127. The Morgan fingerprint density at radius 2 is 1.94 bits per heavy atom. The summed E-state index contributed by atoms with van der Waals surface area (Å²) in [6.45, 7) is 4.18. The topological polar surface area (TPSA) is 84.9 Å². The summed E-state index contributed by atoms with van der Waals surface area (Å²) in [5.74, 6) is 0.256. The molecule has 2 aromatic carbocycles. The Hall–Kier alpha value is -2.53. The highest BCUT2D eigenvalue weighted by Crippen LogP contribution is 2.37. The average molecular weight is 566 g/mol. The van der Waals surface area contributed by atoms with Gasteiger partial charge >= 0.3 is 0 Å². The van der Waals surface area contributed by atoms with Crippen LogP contribution in [-0.4, -0.2) is 42.2 Å². The van der Waals surface area contributed by atoms with E-state index in [9.17, 15) is 14.4 Å². The summed E-state index contributed by atoms with van der Waals surface area (Å²) in [5, 5.41) is 2.22. The smallest absolute Gasteiger partial charge is 0.294 e. The van der Waals surface area contributed by atoms with E-state index in [2.05, 4.69) is 27.9 Å². The zero-order chi connectivity index (χ0) is 23.3. The molecule has 168 valence electrons. The van der Waals surface area contributed by atoms with Crippen molar-refractivity contribution in [3.8, 4) is 11.5 Å². The average Bonchev–Trinajstić information content (AvgIpc) is 3.01. The Labute approximate surface area is 204 Å². The number of amides is 3. The summed E-state index contributed by atoms with van der Waals surface area (Å²) in [6, 6.07) is 10.9. The van der Waals surface area contributed by atoms with E-state index in [-0.39, 0.29) is 11.4 Å². The lowest BCUT2D eigenvalue weighted by Crippen LogP contribution is -2.36. The van der Waals surface area contributed by atoms with E-state index < -0.39 is 17.1 Å². The quantitative estimate of drug-likeness (QED) is 0.355. The first-order valence-corrected chi connectivity index (χ1v) is 11.8. The molecular formula is C23H23IN2O5S. The van der Waals surface area contributed by atoms with Crippen molar-refractivity contribution in [2.45, 2.75) is 20.3 Å². The summed E-state index contributed by atoms with van der Waals surface area (Å²) in [6.07, 6.45) is 2.49. The van der Waals surface area contributed by atoms with Crippen molar-refractivity contribution in [1.82, 2.24) is 4.90 Å². The van der Waals surface area contributed by atoms with E-state index >= 15 is 0 Å². The van der Waals surface area contributed by atoms with Crippen LogP contribution in [0.15, 0.2) is 41.3 Å². The van der Waals surface area contributed by atoms with Crippen molar-refractivity contribution in [2.75, 3.05) is 25.6 Å². The standard InChI is InChI=1S/C23H23IN2O5S/c1-4-9-31-21-17(24)10-15(11-18(21)30-3)12-19-22(28)26(23(29)32-19)13-20(27)25-16-7-5-14(2)6-8-16/h5-8,10-12H,4,9,13H2,1-3H3,(H,25,27)/b19-12-. The summed E-state index contributed by atoms with van der Waals surface area (Å²) < 4.78 is 12.0. The molecule has 32 heavy (non-hydrogen) atoms. The predicted molar refractivity (Wildman–Crippen MR) is 134 cm³/mol. The van der Waals surface area contributed by atoms with Crippen molar-refractivity contribution in [2.24, 2.45) is 0 Å². The van der Waals surface area contributed by atoms with Crippen LogP contribution in [0.1, 0.15) is 24.5 Å². The van der Waals surface area contributed by atoms with Crippen LogP contribution in [0.3, 0.4) is 0 Å². The Balaban J connectivity index is 1.74. The van der Waals surface area contributed by atoms with Crippen LogP contribution in [0.2, 0.25) is 0 Å². The minimum Gasteiger partial charge on any atom is -0.493 e. The van der Waals surface area contributed by atoms with E-state index in [1.165, 1.54) is 0 Å². The molecule has 0 atom stereocenters. The van der Waals surface area contributed by atoms with E-state index in [0.717, 1.165) is 32.2 Å². The van der Waals surface area contributed by atoms with E-state index in [0.29, 0.717) is 29.4 Å². The van der Waals surface area contributed by atoms with Gasteiger partial charge in [-0.2, -0.15) is 0 Å². The highest BCUT2D eigenvalue weighted by Gasteiger charge is 2.36. The zero-order valence-electron chi connectivity index (χ0n) is 17.9. The normalized spacial score (nSPS) is 14.8. The molecule has 2 aromatic rings. The SMILES string of the molecule is CCCOc1c(I)cc(/C=C2\SC(=O)N(CC(=O)Nc3ccc(C)cc3)C2=O)cc1OC. The Morgan fingerprint density at radius 3 is 2.59 bits per heavy atom. The summed E-state index contributed by atoms with van der Waals surface area (Å²) in [4.78, 5) is 38.7. The van der Waals surface area contributed by atoms with Gasteiger partial charge in [0.25, 0.3) is 11.1 Å². The second-order valence-electron chi connectivity index (χ2n) is 7.06. The number of carbonyl (C=O) groups excluding carboxylic acids is 3. The summed E-state index contributed by atoms with van der Waals surface area (Å²) in [7, 11) is 1.55. The maximum absolute atomic E-state index is 12.8. The lowest BCUT2D eigenvalue weighted by molar-refractivity contribution is -0.127. The zero-order valence-corrected chi connectivity index (χ0v) is 20.9. The molecule has 7 nitrogen and oxygen atoms in total. The van der Waals surface area contributed by atoms with Crippen LogP contribution >= 0.6 is 34.4 Å². The minimum atomic E-state index is -0.501. The largest absolute Gasteiger partial charge is 0.493 e. The van der Waals surface area contributed by atoms with Gasteiger partial charge in [0.05, 0.1) is 22.2 Å². The first-order valence-electron chi connectivity index (χ1n) is 9.94. The van der Waals surface area contributed by atoms with Crippen molar-refractivity contribution in [1.29, 1.82) is 0 Å². The first kappa shape index (κ1) is 24.1. The predicted octanol–water partition coefficient (Wildman–Crippen LogP) is 5.07. The van der Waals surface area contributed by atoms with Gasteiger partial charge in [-0.15, -0.1) is 0 Å². The van der Waals surface area contributed by atoms with Crippen LogP contribution in [0.25, 0.3) is 6.08 Å². The number of nitrogens with zero attached hydrogens (tertiary/aromatic N) is 1. The van der Waals surface area contributed by atoms with Crippen LogP contribution in [0.4, 0.5) is 10.5 Å². The third-order valence-electron chi connectivity index (χ3n) is 4.51. The summed E-state index contributed by atoms with van der Waals surface area (Å²) >= 11 is 2.96. The maximum atomic E-state index is 12.8. The van der Waals surface area contributed by atoms with Gasteiger partial charge in [-0.05, 0) is 83.6 Å². The molecule has 1 heterocycles. The molecular weight excluding hydrogens is 543 g/mol. The molecule has 0 aromatic heterocycles. The number of imide groups is 1. The van der Waals surface area contributed by atoms with Gasteiger partial charge in [0, 0.05) is 5.69 Å². The van der Waals surface area contributed by atoms with Gasteiger partial charge in [0.1, 0.15) is 6.54 Å². The molecule has 1 N–H and O–H groups in total. The number of carbonyl (C=O) groups is 3. The van der Waals surface area contributed by atoms with Crippen LogP contribution in [-0.2, 0) is 9.59 Å². The van der Waals surface area contributed by atoms with Gasteiger partial charge < -0.3 is 14.8 Å². The number of hydrogen-bond donors (Lipinski definition) is 1. The molecule has 3 rings (SSSR count). The molecule has 3 amide bonds. The Kier molecular flexibility index (Phi) is 8.19. The highest BCUT2D eigenvalue weighted by molar-refractivity contribution is 14.1. The number of hydrogen-bond acceptors (Lipinski definition) is 6. The molecule has 0 aliphatic carbocycles. The molecule has 9 heteroatoms. The van der Waals surface area contributed by atoms with Crippen molar-refractivity contribution < 1.29 is 23.9 Å². The number of anilines is 1. The van der Waals surface area contributed by atoms with E-state index in [1.807, 2.05) is 32.0 Å². The van der Waals surface area contributed by atoms with Crippen molar-refractivity contribution in [3.05, 3.63) is 56.0 Å².